The Morgan fingerprint density at radius 1 is 1.26 bits per heavy atom. The molecule has 27 heavy (non-hydrogen) atoms. The second-order valence-electron chi connectivity index (χ2n) is 6.96. The molecule has 0 atom stereocenters. The van der Waals surface area contributed by atoms with Crippen molar-refractivity contribution in [2.75, 3.05) is 13.1 Å². The minimum atomic E-state index is 0.0123. The van der Waals surface area contributed by atoms with Crippen molar-refractivity contribution in [1.29, 1.82) is 0 Å². The fourth-order valence-corrected chi connectivity index (χ4v) is 3.62. The van der Waals surface area contributed by atoms with Gasteiger partial charge in [0.05, 0.1) is 17.5 Å². The highest BCUT2D eigenvalue weighted by molar-refractivity contribution is 5.96. The van der Waals surface area contributed by atoms with E-state index in [2.05, 4.69) is 10.1 Å². The van der Waals surface area contributed by atoms with Crippen molar-refractivity contribution in [2.24, 2.45) is 0 Å². The first-order valence-electron chi connectivity index (χ1n) is 9.35. The molecule has 0 saturated carbocycles. The van der Waals surface area contributed by atoms with Gasteiger partial charge in [-0.3, -0.25) is 19.3 Å². The highest BCUT2D eigenvalue weighted by Gasteiger charge is 2.24. The summed E-state index contributed by atoms with van der Waals surface area (Å²) >= 11 is 0. The molecular weight excluding hydrogens is 344 g/mol. The molecule has 0 spiro atoms. The number of ether oxygens (including phenoxy) is 1. The van der Waals surface area contributed by atoms with Crippen LogP contribution >= 0.6 is 0 Å². The monoisotopic (exact) mass is 370 g/mol. The summed E-state index contributed by atoms with van der Waals surface area (Å²) in [5.74, 6) is 0.901. The van der Waals surface area contributed by atoms with Gasteiger partial charge in [-0.15, -0.1) is 0 Å². The molecule has 3 heterocycles. The summed E-state index contributed by atoms with van der Waals surface area (Å²) in [6, 6.07) is 3.75. The van der Waals surface area contributed by atoms with Gasteiger partial charge in [0.25, 0.3) is 0 Å². The van der Waals surface area contributed by atoms with Crippen LogP contribution in [0.5, 0.6) is 5.75 Å². The molecule has 7 heteroatoms. The second-order valence-corrected chi connectivity index (χ2v) is 6.96. The van der Waals surface area contributed by atoms with Crippen LogP contribution < -0.4 is 4.74 Å². The Labute approximate surface area is 159 Å². The van der Waals surface area contributed by atoms with Crippen LogP contribution in [0.15, 0.2) is 24.5 Å². The number of carbonyl (C=O) groups is 2. The predicted octanol–water partition coefficient (Wildman–Crippen LogP) is 2.56. The lowest BCUT2D eigenvalue weighted by atomic mass is 10.1. The fourth-order valence-electron chi connectivity index (χ4n) is 3.62. The van der Waals surface area contributed by atoms with Gasteiger partial charge in [-0.25, -0.2) is 0 Å². The Kier molecular flexibility index (Phi) is 5.88. The van der Waals surface area contributed by atoms with Crippen molar-refractivity contribution in [1.82, 2.24) is 19.7 Å². The Bertz CT molecular complexity index is 808. The Balaban J connectivity index is 1.49. The number of aromatic nitrogens is 3. The van der Waals surface area contributed by atoms with Crippen molar-refractivity contribution >= 4 is 11.7 Å². The van der Waals surface area contributed by atoms with Gasteiger partial charge >= 0.3 is 0 Å². The molecule has 1 amide bonds. The summed E-state index contributed by atoms with van der Waals surface area (Å²) < 4.78 is 7.69. The number of likely N-dealkylation sites (tertiary alicyclic amines) is 1. The highest BCUT2D eigenvalue weighted by Crippen LogP contribution is 2.19. The summed E-state index contributed by atoms with van der Waals surface area (Å²) in [4.78, 5) is 30.2. The van der Waals surface area contributed by atoms with E-state index >= 15 is 0 Å². The zero-order chi connectivity index (χ0) is 19.4. The second kappa shape index (κ2) is 8.33. The number of pyridine rings is 1. The van der Waals surface area contributed by atoms with Crippen LogP contribution in [-0.2, 0) is 11.3 Å². The van der Waals surface area contributed by atoms with Crippen molar-refractivity contribution in [3.8, 4) is 5.75 Å². The predicted molar refractivity (Wildman–Crippen MR) is 101 cm³/mol. The maximum absolute atomic E-state index is 12.5. The molecule has 0 N–H and O–H groups in total. The number of nitrogens with zero attached hydrogens (tertiary/aromatic N) is 4. The third-order valence-electron chi connectivity index (χ3n) is 5.00. The molecule has 1 aliphatic rings. The standard InChI is InChI=1S/C20H26N4O3/c1-14-20(16(3)25)15(2)24(22-14)12-8-19(26)23-10-6-17(7-11-23)27-18-5-4-9-21-13-18/h4-5,9,13,17H,6-8,10-12H2,1-3H3. The minimum absolute atomic E-state index is 0.0123. The molecule has 7 nitrogen and oxygen atoms in total. The number of aryl methyl sites for hydroxylation is 2. The number of Topliss-reactive ketones (excluding diaryl/α,β-unsaturated/α-hetero) is 1. The first-order valence-corrected chi connectivity index (χ1v) is 9.35. The van der Waals surface area contributed by atoms with Gasteiger partial charge in [-0.05, 0) is 32.9 Å². The van der Waals surface area contributed by atoms with E-state index in [0.29, 0.717) is 31.6 Å². The number of amides is 1. The SMILES string of the molecule is CC(=O)c1c(C)nn(CCC(=O)N2CCC(Oc3cccnc3)CC2)c1C. The van der Waals surface area contributed by atoms with Crippen LogP contribution in [0.4, 0.5) is 0 Å². The molecule has 1 saturated heterocycles. The largest absolute Gasteiger partial charge is 0.489 e. The summed E-state index contributed by atoms with van der Waals surface area (Å²) in [7, 11) is 0. The minimum Gasteiger partial charge on any atom is -0.489 e. The van der Waals surface area contributed by atoms with E-state index in [-0.39, 0.29) is 17.8 Å². The summed E-state index contributed by atoms with van der Waals surface area (Å²) in [6.07, 6.45) is 5.56. The van der Waals surface area contributed by atoms with E-state index < -0.39 is 0 Å². The maximum Gasteiger partial charge on any atom is 0.224 e. The number of ketones is 1. The van der Waals surface area contributed by atoms with Crippen LogP contribution in [0.1, 0.15) is 47.9 Å². The molecular formula is C20H26N4O3. The fraction of sp³-hybridized carbons (Fsp3) is 0.500. The van der Waals surface area contributed by atoms with E-state index in [9.17, 15) is 9.59 Å². The van der Waals surface area contributed by atoms with Crippen molar-refractivity contribution in [2.45, 2.75) is 52.7 Å². The molecule has 0 radical (unpaired) electrons. The molecule has 1 fully saturated rings. The maximum atomic E-state index is 12.5. The zero-order valence-corrected chi connectivity index (χ0v) is 16.1. The average molecular weight is 370 g/mol. The Hall–Kier alpha value is -2.70. The first-order chi connectivity index (χ1) is 13.0. The number of carbonyl (C=O) groups excluding carboxylic acids is 2. The summed E-state index contributed by atoms with van der Waals surface area (Å²) in [5.41, 5.74) is 2.22. The summed E-state index contributed by atoms with van der Waals surface area (Å²) in [6.45, 7) is 7.13. The lowest BCUT2D eigenvalue weighted by molar-refractivity contribution is -0.133. The van der Waals surface area contributed by atoms with Gasteiger partial charge in [0.2, 0.25) is 5.91 Å². The van der Waals surface area contributed by atoms with Crippen LogP contribution in [-0.4, -0.2) is 50.5 Å². The molecule has 2 aromatic heterocycles. The molecule has 2 aromatic rings. The molecule has 1 aliphatic heterocycles. The van der Waals surface area contributed by atoms with Crippen molar-refractivity contribution < 1.29 is 14.3 Å². The molecule has 3 rings (SSSR count). The highest BCUT2D eigenvalue weighted by atomic mass is 16.5. The summed E-state index contributed by atoms with van der Waals surface area (Å²) in [5, 5.41) is 4.41. The van der Waals surface area contributed by atoms with E-state index in [1.807, 2.05) is 30.9 Å². The third kappa shape index (κ3) is 4.53. The zero-order valence-electron chi connectivity index (χ0n) is 16.1. The Morgan fingerprint density at radius 3 is 2.59 bits per heavy atom. The first kappa shape index (κ1) is 19.1. The molecule has 0 bridgehead atoms. The lowest BCUT2D eigenvalue weighted by Crippen LogP contribution is -2.42. The van der Waals surface area contributed by atoms with Crippen LogP contribution in [0, 0.1) is 13.8 Å². The van der Waals surface area contributed by atoms with Gasteiger partial charge in [0.15, 0.2) is 5.78 Å². The molecule has 0 unspecified atom stereocenters. The number of hydrogen-bond donors (Lipinski definition) is 0. The van der Waals surface area contributed by atoms with Gasteiger partial charge < -0.3 is 9.64 Å². The van der Waals surface area contributed by atoms with E-state index in [4.69, 9.17) is 4.74 Å². The van der Waals surface area contributed by atoms with Gasteiger partial charge in [0, 0.05) is 50.8 Å². The van der Waals surface area contributed by atoms with Gasteiger partial charge in [-0.2, -0.15) is 5.10 Å². The molecule has 0 aliphatic carbocycles. The smallest absolute Gasteiger partial charge is 0.224 e. The van der Waals surface area contributed by atoms with E-state index in [0.717, 1.165) is 30.0 Å². The number of piperidine rings is 1. The molecule has 0 aromatic carbocycles. The van der Waals surface area contributed by atoms with Crippen molar-refractivity contribution in [3.05, 3.63) is 41.5 Å². The van der Waals surface area contributed by atoms with Gasteiger partial charge in [-0.1, -0.05) is 0 Å². The quantitative estimate of drug-likeness (QED) is 0.731. The molecule has 144 valence electrons. The number of hydrogen-bond acceptors (Lipinski definition) is 5. The van der Waals surface area contributed by atoms with Crippen LogP contribution in [0.2, 0.25) is 0 Å². The normalized spacial score (nSPS) is 15.0. The van der Waals surface area contributed by atoms with E-state index in [1.54, 1.807) is 24.0 Å². The third-order valence-corrected chi connectivity index (χ3v) is 5.00. The van der Waals surface area contributed by atoms with Crippen LogP contribution in [0.3, 0.4) is 0 Å². The van der Waals surface area contributed by atoms with E-state index in [1.165, 1.54) is 0 Å². The number of rotatable bonds is 6. The topological polar surface area (TPSA) is 77.3 Å². The van der Waals surface area contributed by atoms with Gasteiger partial charge in [0.1, 0.15) is 11.9 Å². The Morgan fingerprint density at radius 2 is 2.00 bits per heavy atom. The van der Waals surface area contributed by atoms with Crippen LogP contribution in [0.25, 0.3) is 0 Å². The average Bonchev–Trinajstić information content (AvgIpc) is 2.94. The lowest BCUT2D eigenvalue weighted by Gasteiger charge is -2.32. The van der Waals surface area contributed by atoms with Crippen molar-refractivity contribution in [3.63, 3.8) is 0 Å².